The van der Waals surface area contributed by atoms with Crippen molar-refractivity contribution in [3.63, 3.8) is 0 Å². The zero-order valence-electron chi connectivity index (χ0n) is 46.4. The Labute approximate surface area is 465 Å². The summed E-state index contributed by atoms with van der Waals surface area (Å²) >= 11 is 0. The molecule has 2 aliphatic rings. The molecule has 0 unspecified atom stereocenters. The van der Waals surface area contributed by atoms with E-state index in [1.807, 2.05) is 27.7 Å². The number of amides is 8. The summed E-state index contributed by atoms with van der Waals surface area (Å²) in [4.78, 5) is 159. The number of Topliss-reactive ketones (excluding diaryl/α,β-unsaturated/α-hetero) is 2. The third-order valence-corrected chi connectivity index (χ3v) is 13.5. The topological polar surface area (TPSA) is 431 Å². The highest BCUT2D eigenvalue weighted by atomic mass is 16.4. The lowest BCUT2D eigenvalue weighted by molar-refractivity contribution is -0.146. The first-order chi connectivity index (χ1) is 37.6. The predicted octanol–water partition coefficient (Wildman–Crippen LogP) is -1.17. The minimum absolute atomic E-state index is 0.0449. The number of aliphatic carboxylic acids is 2. The number of phenols is 1. The maximum atomic E-state index is 14.4. The number of rotatable bonds is 34. The van der Waals surface area contributed by atoms with Crippen LogP contribution in [0.1, 0.15) is 130 Å². The van der Waals surface area contributed by atoms with Crippen molar-refractivity contribution in [3.8, 4) is 5.75 Å². The van der Waals surface area contributed by atoms with Crippen LogP contribution in [0.2, 0.25) is 0 Å². The minimum Gasteiger partial charge on any atom is -0.508 e. The zero-order valence-corrected chi connectivity index (χ0v) is 46.4. The summed E-state index contributed by atoms with van der Waals surface area (Å²) < 4.78 is 0. The number of benzene rings is 1. The first-order valence-corrected chi connectivity index (χ1v) is 27.2. The highest BCUT2D eigenvalue weighted by Crippen LogP contribution is 2.33. The van der Waals surface area contributed by atoms with Gasteiger partial charge in [0.2, 0.25) is 47.3 Å². The van der Waals surface area contributed by atoms with E-state index in [4.69, 9.17) is 17.2 Å². The summed E-state index contributed by atoms with van der Waals surface area (Å²) in [5.74, 6) is -10.4. The van der Waals surface area contributed by atoms with Crippen molar-refractivity contribution in [2.75, 3.05) is 26.2 Å². The van der Waals surface area contributed by atoms with E-state index in [0.717, 1.165) is 4.90 Å². The zero-order chi connectivity index (χ0) is 59.9. The maximum absolute atomic E-state index is 14.4. The van der Waals surface area contributed by atoms with E-state index < -0.39 is 127 Å². The fourth-order valence-electron chi connectivity index (χ4n) is 9.28. The van der Waals surface area contributed by atoms with Crippen molar-refractivity contribution < 1.29 is 72.9 Å². The van der Waals surface area contributed by atoms with Crippen LogP contribution < -0.4 is 54.4 Å². The lowest BCUT2D eigenvalue weighted by Crippen LogP contribution is -2.60. The molecule has 1 aliphatic carbocycles. The molecular formula is C54H83N11O15. The smallest absolute Gasteiger partial charge is 0.305 e. The third-order valence-electron chi connectivity index (χ3n) is 13.5. The molecule has 0 aromatic heterocycles. The molecular weight excluding hydrogens is 1040 g/mol. The molecule has 2 fully saturated rings. The van der Waals surface area contributed by atoms with Gasteiger partial charge < -0.3 is 74.6 Å². The second-order valence-electron chi connectivity index (χ2n) is 21.7. The predicted molar refractivity (Wildman–Crippen MR) is 290 cm³/mol. The summed E-state index contributed by atoms with van der Waals surface area (Å²) in [6.45, 7) is 9.64. The van der Waals surface area contributed by atoms with Crippen LogP contribution in [0.3, 0.4) is 0 Å². The number of aromatic hydroxyl groups is 1. The first kappa shape index (κ1) is 67.0. The van der Waals surface area contributed by atoms with E-state index >= 15 is 0 Å². The van der Waals surface area contributed by atoms with Crippen LogP contribution in [-0.2, 0) is 64.0 Å². The van der Waals surface area contributed by atoms with Gasteiger partial charge in [0.1, 0.15) is 48.0 Å². The number of nitrogens with zero attached hydrogens (tertiary/aromatic N) is 1. The number of nitrogens with two attached hydrogens (primary N) is 3. The number of carboxylic acid groups (broad SMARTS) is 2. The number of ketones is 2. The standard InChI is InChI=1S/C54H83N11O15/c1-30(2)25-38(50(77)59-35(46(57)73)11-7-9-22-58-23-20-34-42(67)28-54(4,5)29-43(34)68)62-48(75)36(12-6-8-21-55)61-52(79)41-13-10-24-65(41)53(80)40(27-45(71)72)64-51(78)39(26-32-14-16-33(66)17-15-32)63-49(76)37(18-19-44(69)70)60-47(74)31(3)56/h14-17,20,30-31,35-41,58,66H,6-13,18-19,21-29,55-56H2,1-5H3,(H2,57,73)(H,59,77)(H,60,74)(H,61,79)(H,62,75)(H,63,76)(H,64,78)(H,69,70)(H,71,72)/t31-,35-,36+,37-,38-,39+,40+,41-/m0/s1. The fourth-order valence-corrected chi connectivity index (χ4v) is 9.28. The first-order valence-electron chi connectivity index (χ1n) is 27.2. The normalized spacial score (nSPS) is 17.6. The number of nitrogens with one attached hydrogen (secondary N) is 7. The second kappa shape index (κ2) is 32.7. The minimum atomic E-state index is -1.82. The van der Waals surface area contributed by atoms with Gasteiger partial charge in [-0.05, 0) is 113 Å². The molecule has 26 nitrogen and oxygen atoms in total. The van der Waals surface area contributed by atoms with Crippen molar-refractivity contribution in [1.82, 2.24) is 42.1 Å². The molecule has 1 aromatic rings. The highest BCUT2D eigenvalue weighted by molar-refractivity contribution is 6.22. The van der Waals surface area contributed by atoms with Gasteiger partial charge in [0.05, 0.1) is 18.0 Å². The molecule has 8 atom stereocenters. The van der Waals surface area contributed by atoms with E-state index in [1.54, 1.807) is 6.08 Å². The number of hydrogen-bond acceptors (Lipinski definition) is 16. The SMILES string of the molecule is CC(C)C[C@H](NC(=O)[C@@H](CCCCN)NC(=O)[C@@H]1CCCN1C(=O)[C@@H](CC(=O)O)NC(=O)[C@@H](Cc1ccc(O)cc1)NC(=O)[C@H](CCC(=O)O)NC(=O)[C@H](C)N)C(=O)N[C@@H](CCCCNCC=C1C(=O)CC(C)(C)CC1=O)C(N)=O. The summed E-state index contributed by atoms with van der Waals surface area (Å²) in [6, 6.07) is -5.40. The Morgan fingerprint density at radius 2 is 1.24 bits per heavy atom. The Morgan fingerprint density at radius 1 is 0.700 bits per heavy atom. The monoisotopic (exact) mass is 1130 g/mol. The lowest BCUT2D eigenvalue weighted by Gasteiger charge is -2.31. The van der Waals surface area contributed by atoms with Gasteiger partial charge in [-0.15, -0.1) is 0 Å². The van der Waals surface area contributed by atoms with Gasteiger partial charge in [-0.3, -0.25) is 57.5 Å². The van der Waals surface area contributed by atoms with Crippen LogP contribution in [0.15, 0.2) is 35.9 Å². The molecule has 444 valence electrons. The molecule has 1 aliphatic heterocycles. The number of carboxylic acids is 2. The molecule has 0 bridgehead atoms. The van der Waals surface area contributed by atoms with Gasteiger partial charge in [-0.1, -0.05) is 45.9 Å². The number of phenolic OH excluding ortho intramolecular Hbond substituents is 1. The summed E-state index contributed by atoms with van der Waals surface area (Å²) in [6.07, 6.45) is 2.33. The van der Waals surface area contributed by atoms with Crippen molar-refractivity contribution in [2.24, 2.45) is 28.5 Å². The Balaban J connectivity index is 1.77. The number of carbonyl (C=O) groups is 12. The number of hydrogen-bond donors (Lipinski definition) is 13. The van der Waals surface area contributed by atoms with E-state index in [0.29, 0.717) is 37.8 Å². The molecule has 1 saturated carbocycles. The van der Waals surface area contributed by atoms with Crippen molar-refractivity contribution >= 4 is 70.8 Å². The van der Waals surface area contributed by atoms with Crippen LogP contribution in [-0.4, -0.2) is 165 Å². The Morgan fingerprint density at radius 3 is 1.81 bits per heavy atom. The fraction of sp³-hybridized carbons (Fsp3) is 0.630. The summed E-state index contributed by atoms with van der Waals surface area (Å²) in [5, 5.41) is 47.6. The van der Waals surface area contributed by atoms with Crippen LogP contribution in [0.4, 0.5) is 0 Å². The van der Waals surface area contributed by atoms with Gasteiger partial charge in [-0.2, -0.15) is 0 Å². The van der Waals surface area contributed by atoms with Crippen LogP contribution in [0.5, 0.6) is 5.75 Å². The molecule has 0 spiro atoms. The van der Waals surface area contributed by atoms with Gasteiger partial charge in [0.15, 0.2) is 11.6 Å². The van der Waals surface area contributed by atoms with Crippen LogP contribution in [0, 0.1) is 11.3 Å². The second-order valence-corrected chi connectivity index (χ2v) is 21.7. The maximum Gasteiger partial charge on any atom is 0.305 e. The van der Waals surface area contributed by atoms with E-state index in [1.165, 1.54) is 31.2 Å². The van der Waals surface area contributed by atoms with Gasteiger partial charge in [0, 0.05) is 38.8 Å². The van der Waals surface area contributed by atoms with Crippen molar-refractivity contribution in [3.05, 3.63) is 41.5 Å². The van der Waals surface area contributed by atoms with Crippen molar-refractivity contribution in [1.29, 1.82) is 0 Å². The summed E-state index contributed by atoms with van der Waals surface area (Å²) in [7, 11) is 0. The van der Waals surface area contributed by atoms with E-state index in [2.05, 4.69) is 37.2 Å². The van der Waals surface area contributed by atoms with Gasteiger partial charge in [0.25, 0.3) is 0 Å². The molecule has 3 rings (SSSR count). The van der Waals surface area contributed by atoms with Gasteiger partial charge in [-0.25, -0.2) is 0 Å². The molecule has 16 N–H and O–H groups in total. The lowest BCUT2D eigenvalue weighted by atomic mass is 9.74. The average Bonchev–Trinajstić information content (AvgIpc) is 3.87. The third kappa shape index (κ3) is 22.8. The van der Waals surface area contributed by atoms with Crippen molar-refractivity contribution in [2.45, 2.75) is 179 Å². The van der Waals surface area contributed by atoms with Crippen LogP contribution in [0.25, 0.3) is 0 Å². The Kier molecular flexibility index (Phi) is 27.4. The summed E-state index contributed by atoms with van der Waals surface area (Å²) in [5.41, 5.74) is 17.3. The average molecular weight is 1130 g/mol. The molecule has 0 radical (unpaired) electrons. The molecule has 1 saturated heterocycles. The molecule has 80 heavy (non-hydrogen) atoms. The van der Waals surface area contributed by atoms with Crippen LogP contribution >= 0.6 is 0 Å². The quantitative estimate of drug-likeness (QED) is 0.0220. The molecule has 26 heteroatoms. The molecule has 1 aromatic carbocycles. The Hall–Kier alpha value is -7.32. The largest absolute Gasteiger partial charge is 0.508 e. The Bertz CT molecular complexity index is 2390. The number of primary amides is 1. The van der Waals surface area contributed by atoms with E-state index in [-0.39, 0.29) is 105 Å². The number of unbranched alkanes of at least 4 members (excludes halogenated alkanes) is 2. The highest BCUT2D eigenvalue weighted by Gasteiger charge is 2.41. The molecule has 1 heterocycles. The number of carbonyl (C=O) groups excluding carboxylic acids is 10. The molecule has 8 amide bonds. The van der Waals surface area contributed by atoms with Gasteiger partial charge >= 0.3 is 11.9 Å². The number of likely N-dealkylation sites (tertiary alicyclic amines) is 1. The van der Waals surface area contributed by atoms with E-state index in [9.17, 15) is 72.9 Å². The number of allylic oxidation sites excluding steroid dienone is 1.